The van der Waals surface area contributed by atoms with Crippen LogP contribution in [0, 0.1) is 0 Å². The van der Waals surface area contributed by atoms with Gasteiger partial charge in [-0.2, -0.15) is 0 Å². The van der Waals surface area contributed by atoms with Gasteiger partial charge in [0.25, 0.3) is 0 Å². The molecule has 1 fully saturated rings. The zero-order valence-corrected chi connectivity index (χ0v) is 17.8. The molecule has 1 aromatic carbocycles. The van der Waals surface area contributed by atoms with Crippen LogP contribution >= 0.6 is 11.3 Å². The minimum absolute atomic E-state index is 0.187. The summed E-state index contributed by atoms with van der Waals surface area (Å²) in [7, 11) is 3.62. The Morgan fingerprint density at radius 3 is 2.77 bits per heavy atom. The summed E-state index contributed by atoms with van der Waals surface area (Å²) in [6, 6.07) is 6.49. The third kappa shape index (κ3) is 2.96. The fraction of sp³-hybridized carbons (Fsp3) is 0.391. The van der Waals surface area contributed by atoms with Crippen molar-refractivity contribution in [3.8, 4) is 16.2 Å². The molecule has 0 bridgehead atoms. The monoisotopic (exact) mass is 424 g/mol. The second kappa shape index (κ2) is 7.25. The van der Waals surface area contributed by atoms with Crippen molar-refractivity contribution in [1.82, 2.24) is 9.88 Å². The molecule has 0 saturated heterocycles. The maximum absolute atomic E-state index is 12.9. The third-order valence-corrected chi connectivity index (χ3v) is 7.56. The molecule has 2 aromatic heterocycles. The molecule has 0 radical (unpaired) electrons. The second-order valence-electron chi connectivity index (χ2n) is 8.09. The molecule has 30 heavy (non-hydrogen) atoms. The largest absolute Gasteiger partial charge is 0.494 e. The zero-order chi connectivity index (χ0) is 21.0. The van der Waals surface area contributed by atoms with Gasteiger partial charge in [-0.3, -0.25) is 4.79 Å². The van der Waals surface area contributed by atoms with Crippen LogP contribution in [0.4, 0.5) is 0 Å². The molecule has 7 heteroatoms. The predicted octanol–water partition coefficient (Wildman–Crippen LogP) is 4.37. The third-order valence-electron chi connectivity index (χ3n) is 6.23. The average molecular weight is 425 g/mol. The number of nitrogens with zero attached hydrogens (tertiary/aromatic N) is 1. The highest BCUT2D eigenvalue weighted by molar-refractivity contribution is 7.15. The summed E-state index contributed by atoms with van der Waals surface area (Å²) < 4.78 is 7.79. The number of rotatable bonds is 5. The van der Waals surface area contributed by atoms with Gasteiger partial charge in [0.2, 0.25) is 5.43 Å². The van der Waals surface area contributed by atoms with E-state index >= 15 is 0 Å². The van der Waals surface area contributed by atoms with E-state index in [4.69, 9.17) is 4.74 Å². The maximum Gasteiger partial charge on any atom is 0.341 e. The van der Waals surface area contributed by atoms with Crippen molar-refractivity contribution in [2.24, 2.45) is 0 Å². The Labute approximate surface area is 178 Å². The molecule has 6 nitrogen and oxygen atoms in total. The molecular weight excluding hydrogens is 400 g/mol. The van der Waals surface area contributed by atoms with Crippen LogP contribution in [0.15, 0.2) is 29.2 Å². The minimum atomic E-state index is -1.19. The van der Waals surface area contributed by atoms with Gasteiger partial charge >= 0.3 is 5.97 Å². The van der Waals surface area contributed by atoms with E-state index < -0.39 is 11.4 Å². The van der Waals surface area contributed by atoms with Crippen LogP contribution in [0.1, 0.15) is 58.6 Å². The number of carboxylic acid groups (broad SMARTS) is 1. The standard InChI is InChI=1S/C23H24N2O4S/c1-24-17-5-3-4-12-10-18(30-22(12)17)14-8-9-15-19(21(14)29-2)25(13-6-7-13)11-16(20(15)26)23(27)28/h8-11,13,17,24H,3-7H2,1-2H3,(H,27,28). The molecular formula is C23H24N2O4S. The van der Waals surface area contributed by atoms with Gasteiger partial charge in [0.1, 0.15) is 5.56 Å². The molecule has 2 N–H and O–H groups in total. The van der Waals surface area contributed by atoms with Gasteiger partial charge in [-0.1, -0.05) is 0 Å². The first-order valence-electron chi connectivity index (χ1n) is 10.3. The normalized spacial score (nSPS) is 18.4. The lowest BCUT2D eigenvalue weighted by Crippen LogP contribution is -2.19. The molecule has 3 aromatic rings. The van der Waals surface area contributed by atoms with E-state index in [9.17, 15) is 14.7 Å². The number of ether oxygens (including phenoxy) is 1. The summed E-state index contributed by atoms with van der Waals surface area (Å²) in [5.74, 6) is -0.545. The highest BCUT2D eigenvalue weighted by atomic mass is 32.1. The predicted molar refractivity (Wildman–Crippen MR) is 118 cm³/mol. The lowest BCUT2D eigenvalue weighted by Gasteiger charge is -2.21. The lowest BCUT2D eigenvalue weighted by atomic mass is 9.94. The number of pyridine rings is 1. The number of hydrogen-bond donors (Lipinski definition) is 2. The quantitative estimate of drug-likeness (QED) is 0.636. The number of carbonyl (C=O) groups is 1. The summed E-state index contributed by atoms with van der Waals surface area (Å²) >= 11 is 1.78. The Morgan fingerprint density at radius 2 is 2.10 bits per heavy atom. The van der Waals surface area contributed by atoms with E-state index in [0.717, 1.165) is 36.1 Å². The first kappa shape index (κ1) is 19.3. The van der Waals surface area contributed by atoms with Crippen molar-refractivity contribution in [2.75, 3.05) is 14.2 Å². The smallest absolute Gasteiger partial charge is 0.341 e. The highest BCUT2D eigenvalue weighted by Gasteiger charge is 2.30. The van der Waals surface area contributed by atoms with Gasteiger partial charge in [0.05, 0.1) is 18.0 Å². The fourth-order valence-corrected chi connectivity index (χ4v) is 5.96. The van der Waals surface area contributed by atoms with Gasteiger partial charge in [-0.15, -0.1) is 11.3 Å². The molecule has 2 heterocycles. The number of aryl methyl sites for hydroxylation is 1. The first-order chi connectivity index (χ1) is 14.5. The number of aromatic carboxylic acids is 1. The van der Waals surface area contributed by atoms with Crippen LogP contribution in [0.2, 0.25) is 0 Å². The van der Waals surface area contributed by atoms with Crippen molar-refractivity contribution >= 4 is 28.2 Å². The second-order valence-corrected chi connectivity index (χ2v) is 9.18. The summed E-state index contributed by atoms with van der Waals surface area (Å²) in [6.07, 6.45) is 6.82. The van der Waals surface area contributed by atoms with Crippen molar-refractivity contribution in [3.63, 3.8) is 0 Å². The first-order valence-corrected chi connectivity index (χ1v) is 11.1. The maximum atomic E-state index is 12.9. The topological polar surface area (TPSA) is 80.6 Å². The molecule has 5 rings (SSSR count). The molecule has 2 aliphatic rings. The van der Waals surface area contributed by atoms with Crippen molar-refractivity contribution < 1.29 is 14.6 Å². The SMILES string of the molecule is CNC1CCCc2cc(-c3ccc4c(=O)c(C(=O)O)cn(C5CC5)c4c3OC)sc21. The Morgan fingerprint density at radius 1 is 1.30 bits per heavy atom. The van der Waals surface area contributed by atoms with Crippen molar-refractivity contribution in [1.29, 1.82) is 0 Å². The lowest BCUT2D eigenvalue weighted by molar-refractivity contribution is 0.0695. The Hall–Kier alpha value is -2.64. The number of aromatic nitrogens is 1. The van der Waals surface area contributed by atoms with Crippen LogP contribution in [-0.4, -0.2) is 29.8 Å². The number of thiophene rings is 1. The molecule has 1 unspecified atom stereocenters. The summed E-state index contributed by atoms with van der Waals surface area (Å²) in [6.45, 7) is 0. The number of nitrogens with one attached hydrogen (secondary N) is 1. The Bertz CT molecular complexity index is 1220. The van der Waals surface area contributed by atoms with Crippen LogP contribution in [-0.2, 0) is 6.42 Å². The van der Waals surface area contributed by atoms with E-state index in [0.29, 0.717) is 22.7 Å². The molecule has 0 aliphatic heterocycles. The van der Waals surface area contributed by atoms with Gasteiger partial charge in [-0.25, -0.2) is 4.79 Å². The molecule has 0 spiro atoms. The zero-order valence-electron chi connectivity index (χ0n) is 17.0. The van der Waals surface area contributed by atoms with Crippen LogP contribution in [0.5, 0.6) is 5.75 Å². The van der Waals surface area contributed by atoms with Crippen LogP contribution in [0.25, 0.3) is 21.3 Å². The van der Waals surface area contributed by atoms with Crippen molar-refractivity contribution in [3.05, 3.63) is 50.6 Å². The van der Waals surface area contributed by atoms with Gasteiger partial charge in [-0.05, 0) is 62.9 Å². The number of fused-ring (bicyclic) bond motifs is 2. The minimum Gasteiger partial charge on any atom is -0.494 e. The van der Waals surface area contributed by atoms with Gasteiger partial charge in [0.15, 0.2) is 5.75 Å². The summed E-state index contributed by atoms with van der Waals surface area (Å²) in [4.78, 5) is 27.0. The molecule has 0 amide bonds. The van der Waals surface area contributed by atoms with E-state index in [2.05, 4.69) is 11.4 Å². The number of carboxylic acids is 1. The van der Waals surface area contributed by atoms with Crippen molar-refractivity contribution in [2.45, 2.75) is 44.2 Å². The van der Waals surface area contributed by atoms with E-state index in [1.165, 1.54) is 23.1 Å². The number of hydrogen-bond acceptors (Lipinski definition) is 5. The molecule has 1 atom stereocenters. The Balaban J connectivity index is 1.76. The van der Waals surface area contributed by atoms with E-state index in [1.54, 1.807) is 24.5 Å². The van der Waals surface area contributed by atoms with Crippen LogP contribution in [0.3, 0.4) is 0 Å². The highest BCUT2D eigenvalue weighted by Crippen LogP contribution is 2.46. The average Bonchev–Trinajstić information content (AvgIpc) is 3.50. The van der Waals surface area contributed by atoms with Crippen LogP contribution < -0.4 is 15.5 Å². The van der Waals surface area contributed by atoms with Gasteiger partial charge < -0.3 is 19.7 Å². The fourth-order valence-electron chi connectivity index (χ4n) is 4.58. The van der Waals surface area contributed by atoms with E-state index in [-0.39, 0.29) is 11.6 Å². The molecule has 156 valence electrons. The van der Waals surface area contributed by atoms with Gasteiger partial charge in [0, 0.05) is 33.6 Å². The number of methoxy groups -OCH3 is 1. The summed E-state index contributed by atoms with van der Waals surface area (Å²) in [5, 5.41) is 13.3. The summed E-state index contributed by atoms with van der Waals surface area (Å²) in [5.41, 5.74) is 2.39. The van der Waals surface area contributed by atoms with E-state index in [1.807, 2.05) is 17.7 Å². The Kier molecular flexibility index (Phi) is 4.67. The molecule has 2 aliphatic carbocycles. The number of benzene rings is 1. The molecule has 1 saturated carbocycles.